The van der Waals surface area contributed by atoms with Crippen LogP contribution in [0.15, 0.2) is 0 Å². The SMILES string of the molecule is CC(C)[C@H](N)C(C)(C)CCC(F)F. The molecule has 0 saturated carbocycles. The monoisotopic (exact) mass is 193 g/mol. The molecule has 0 aliphatic carbocycles. The van der Waals surface area contributed by atoms with Crippen molar-refractivity contribution in [1.82, 2.24) is 0 Å². The molecule has 0 heterocycles. The summed E-state index contributed by atoms with van der Waals surface area (Å²) in [5.41, 5.74) is 5.75. The smallest absolute Gasteiger partial charge is 0.238 e. The molecule has 0 unspecified atom stereocenters. The highest BCUT2D eigenvalue weighted by Crippen LogP contribution is 2.30. The van der Waals surface area contributed by atoms with Crippen molar-refractivity contribution in [2.24, 2.45) is 17.1 Å². The molecule has 0 aromatic carbocycles. The lowest BCUT2D eigenvalue weighted by Gasteiger charge is -2.34. The lowest BCUT2D eigenvalue weighted by atomic mass is 9.76. The molecular formula is C10H21F2N. The first-order valence-electron chi connectivity index (χ1n) is 4.81. The quantitative estimate of drug-likeness (QED) is 0.713. The maximum absolute atomic E-state index is 12.0. The summed E-state index contributed by atoms with van der Waals surface area (Å²) < 4.78 is 24.0. The highest BCUT2D eigenvalue weighted by Gasteiger charge is 2.29. The molecule has 0 rings (SSSR count). The second-order valence-electron chi connectivity index (χ2n) is 4.69. The fraction of sp³-hybridized carbons (Fsp3) is 1.00. The van der Waals surface area contributed by atoms with E-state index in [4.69, 9.17) is 5.73 Å². The lowest BCUT2D eigenvalue weighted by Crippen LogP contribution is -2.41. The Balaban J connectivity index is 4.06. The Kier molecular flexibility index (Phi) is 4.82. The summed E-state index contributed by atoms with van der Waals surface area (Å²) in [4.78, 5) is 0. The molecule has 3 heteroatoms. The van der Waals surface area contributed by atoms with Crippen LogP contribution >= 0.6 is 0 Å². The van der Waals surface area contributed by atoms with Gasteiger partial charge in [-0.15, -0.1) is 0 Å². The summed E-state index contributed by atoms with van der Waals surface area (Å²) in [7, 11) is 0. The average Bonchev–Trinajstić information content (AvgIpc) is 1.99. The fourth-order valence-electron chi connectivity index (χ4n) is 1.55. The van der Waals surface area contributed by atoms with Gasteiger partial charge in [0.25, 0.3) is 0 Å². The first-order valence-corrected chi connectivity index (χ1v) is 4.81. The third-order valence-corrected chi connectivity index (χ3v) is 2.63. The van der Waals surface area contributed by atoms with E-state index < -0.39 is 6.43 Å². The molecule has 0 bridgehead atoms. The van der Waals surface area contributed by atoms with Crippen molar-refractivity contribution in [1.29, 1.82) is 0 Å². The molecule has 0 amide bonds. The van der Waals surface area contributed by atoms with Gasteiger partial charge in [0.2, 0.25) is 6.43 Å². The number of alkyl halides is 2. The van der Waals surface area contributed by atoms with Gasteiger partial charge in [0, 0.05) is 12.5 Å². The van der Waals surface area contributed by atoms with Gasteiger partial charge < -0.3 is 5.73 Å². The third-order valence-electron chi connectivity index (χ3n) is 2.63. The molecule has 0 aliphatic rings. The topological polar surface area (TPSA) is 26.0 Å². The minimum absolute atomic E-state index is 0.00810. The van der Waals surface area contributed by atoms with Gasteiger partial charge in [-0.2, -0.15) is 0 Å². The highest BCUT2D eigenvalue weighted by molar-refractivity contribution is 4.83. The van der Waals surface area contributed by atoms with E-state index in [0.717, 1.165) is 0 Å². The van der Waals surface area contributed by atoms with E-state index in [-0.39, 0.29) is 17.9 Å². The molecule has 1 nitrogen and oxygen atoms in total. The van der Waals surface area contributed by atoms with Crippen molar-refractivity contribution in [3.63, 3.8) is 0 Å². The van der Waals surface area contributed by atoms with E-state index in [1.165, 1.54) is 0 Å². The predicted octanol–water partition coefficient (Wildman–Crippen LogP) is 3.04. The molecule has 0 fully saturated rings. The zero-order valence-corrected chi connectivity index (χ0v) is 8.98. The van der Waals surface area contributed by atoms with Crippen LogP contribution in [0.25, 0.3) is 0 Å². The van der Waals surface area contributed by atoms with E-state index in [1.54, 1.807) is 0 Å². The van der Waals surface area contributed by atoms with Crippen LogP contribution in [0.1, 0.15) is 40.5 Å². The molecule has 0 radical (unpaired) electrons. The van der Waals surface area contributed by atoms with E-state index in [2.05, 4.69) is 0 Å². The summed E-state index contributed by atoms with van der Waals surface area (Å²) in [5.74, 6) is 0.340. The summed E-state index contributed by atoms with van der Waals surface area (Å²) in [6.07, 6.45) is -1.77. The van der Waals surface area contributed by atoms with Crippen LogP contribution < -0.4 is 5.73 Å². The van der Waals surface area contributed by atoms with Gasteiger partial charge in [0.1, 0.15) is 0 Å². The van der Waals surface area contributed by atoms with Crippen molar-refractivity contribution < 1.29 is 8.78 Å². The second kappa shape index (κ2) is 4.89. The van der Waals surface area contributed by atoms with Crippen LogP contribution in [0.2, 0.25) is 0 Å². The van der Waals surface area contributed by atoms with E-state index in [9.17, 15) is 8.78 Å². The van der Waals surface area contributed by atoms with Crippen molar-refractivity contribution >= 4 is 0 Å². The van der Waals surface area contributed by atoms with Crippen LogP contribution in [0.5, 0.6) is 0 Å². The van der Waals surface area contributed by atoms with Crippen molar-refractivity contribution in [3.05, 3.63) is 0 Å². The van der Waals surface area contributed by atoms with Gasteiger partial charge in [-0.25, -0.2) is 8.78 Å². The van der Waals surface area contributed by atoms with Crippen LogP contribution in [0, 0.1) is 11.3 Å². The summed E-state index contributed by atoms with van der Waals surface area (Å²) >= 11 is 0. The third kappa shape index (κ3) is 4.55. The molecule has 2 N–H and O–H groups in total. The van der Waals surface area contributed by atoms with Crippen molar-refractivity contribution in [3.8, 4) is 0 Å². The first kappa shape index (κ1) is 12.8. The Morgan fingerprint density at radius 3 is 2.00 bits per heavy atom. The molecule has 0 spiro atoms. The van der Waals surface area contributed by atoms with Crippen LogP contribution in [0.4, 0.5) is 8.78 Å². The Morgan fingerprint density at radius 2 is 1.69 bits per heavy atom. The Hall–Kier alpha value is -0.180. The normalized spacial score (nSPS) is 15.5. The van der Waals surface area contributed by atoms with Gasteiger partial charge in [0.05, 0.1) is 0 Å². The van der Waals surface area contributed by atoms with Gasteiger partial charge in [0.15, 0.2) is 0 Å². The van der Waals surface area contributed by atoms with Crippen LogP contribution in [0.3, 0.4) is 0 Å². The predicted molar refractivity (Wildman–Crippen MR) is 51.8 cm³/mol. The average molecular weight is 193 g/mol. The summed E-state index contributed by atoms with van der Waals surface area (Å²) in [6, 6.07) is -0.00810. The van der Waals surface area contributed by atoms with Gasteiger partial charge in [-0.3, -0.25) is 0 Å². The molecule has 0 aromatic heterocycles. The first-order chi connectivity index (χ1) is 5.77. The minimum Gasteiger partial charge on any atom is -0.327 e. The Morgan fingerprint density at radius 1 is 1.23 bits per heavy atom. The number of hydrogen-bond acceptors (Lipinski definition) is 1. The molecule has 1 atom stereocenters. The summed E-state index contributed by atoms with van der Waals surface area (Å²) in [5, 5.41) is 0. The van der Waals surface area contributed by atoms with Gasteiger partial charge in [-0.05, 0) is 17.8 Å². The largest absolute Gasteiger partial charge is 0.327 e. The zero-order valence-electron chi connectivity index (χ0n) is 8.98. The molecule has 0 saturated heterocycles. The molecule has 80 valence electrons. The number of hydrogen-bond donors (Lipinski definition) is 1. The Labute approximate surface area is 79.7 Å². The highest BCUT2D eigenvalue weighted by atomic mass is 19.3. The van der Waals surface area contributed by atoms with E-state index in [0.29, 0.717) is 12.3 Å². The molecule has 0 aliphatic heterocycles. The maximum Gasteiger partial charge on any atom is 0.238 e. The molecule has 0 aromatic rings. The number of nitrogens with two attached hydrogens (primary N) is 1. The molecule has 13 heavy (non-hydrogen) atoms. The van der Waals surface area contributed by atoms with Crippen molar-refractivity contribution in [2.45, 2.75) is 53.0 Å². The van der Waals surface area contributed by atoms with Crippen LogP contribution in [-0.4, -0.2) is 12.5 Å². The zero-order chi connectivity index (χ0) is 10.6. The van der Waals surface area contributed by atoms with Crippen molar-refractivity contribution in [2.75, 3.05) is 0 Å². The number of rotatable bonds is 5. The number of halogens is 2. The minimum atomic E-state index is -2.21. The van der Waals surface area contributed by atoms with Crippen LogP contribution in [-0.2, 0) is 0 Å². The van der Waals surface area contributed by atoms with Gasteiger partial charge in [-0.1, -0.05) is 27.7 Å². The van der Waals surface area contributed by atoms with E-state index in [1.807, 2.05) is 27.7 Å². The summed E-state index contributed by atoms with van der Waals surface area (Å²) in [6.45, 7) is 7.96. The molecular weight excluding hydrogens is 172 g/mol. The maximum atomic E-state index is 12.0. The van der Waals surface area contributed by atoms with E-state index >= 15 is 0 Å². The fourth-order valence-corrected chi connectivity index (χ4v) is 1.55. The van der Waals surface area contributed by atoms with Gasteiger partial charge >= 0.3 is 0 Å². The second-order valence-corrected chi connectivity index (χ2v) is 4.69. The Bertz CT molecular complexity index is 144. The lowest BCUT2D eigenvalue weighted by molar-refractivity contribution is 0.104. The standard InChI is InChI=1S/C10H21F2N/c1-7(2)9(13)10(3,4)6-5-8(11)12/h7-9H,5-6,13H2,1-4H3/t9-/m0/s1.